The van der Waals surface area contributed by atoms with Crippen LogP contribution in [-0.4, -0.2) is 44.9 Å². The summed E-state index contributed by atoms with van der Waals surface area (Å²) in [7, 11) is -3.66. The predicted molar refractivity (Wildman–Crippen MR) is 103 cm³/mol. The fourth-order valence-corrected chi connectivity index (χ4v) is 4.69. The van der Waals surface area contributed by atoms with Crippen LogP contribution in [0, 0.1) is 0 Å². The zero-order valence-electron chi connectivity index (χ0n) is 13.6. The summed E-state index contributed by atoms with van der Waals surface area (Å²) in [6, 6.07) is 11.0. The normalized spacial score (nSPS) is 15.6. The zero-order chi connectivity index (χ0) is 18.7. The number of benzene rings is 2. The predicted octanol–water partition coefficient (Wildman–Crippen LogP) is 3.38. The number of nitrogens with one attached hydrogen (secondary N) is 1. The topological polar surface area (TPSA) is 75.7 Å². The molecule has 2 aromatic carbocycles. The maximum atomic E-state index is 12.7. The van der Waals surface area contributed by atoms with Gasteiger partial charge in [-0.2, -0.15) is 4.31 Å². The number of rotatable bonds is 4. The molecule has 26 heavy (non-hydrogen) atoms. The van der Waals surface area contributed by atoms with Gasteiger partial charge in [0, 0.05) is 23.1 Å². The van der Waals surface area contributed by atoms with Gasteiger partial charge >= 0.3 is 0 Å². The Kier molecular flexibility index (Phi) is 5.99. The third kappa shape index (κ3) is 4.27. The van der Waals surface area contributed by atoms with Crippen LogP contribution in [0.1, 0.15) is 10.4 Å². The van der Waals surface area contributed by atoms with E-state index in [0.717, 1.165) is 4.47 Å². The van der Waals surface area contributed by atoms with Crippen LogP contribution in [0.4, 0.5) is 5.69 Å². The molecule has 1 fully saturated rings. The summed E-state index contributed by atoms with van der Waals surface area (Å²) in [5.41, 5.74) is 0.680. The summed E-state index contributed by atoms with van der Waals surface area (Å²) < 4.78 is 32.8. The van der Waals surface area contributed by atoms with Gasteiger partial charge < -0.3 is 10.1 Å². The number of carbonyl (C=O) groups is 1. The standard InChI is InChI=1S/C17H16BrClN2O4S/c18-13-4-5-16(15(19)11-13)20-17(22)12-2-1-3-14(10-12)26(23,24)21-6-8-25-9-7-21/h1-5,10-11H,6-9H2,(H,20,22). The molecule has 0 aromatic heterocycles. The fourth-order valence-electron chi connectivity index (χ4n) is 2.52. The van der Waals surface area contributed by atoms with Crippen molar-refractivity contribution >= 4 is 49.1 Å². The number of anilines is 1. The van der Waals surface area contributed by atoms with Crippen LogP contribution in [-0.2, 0) is 14.8 Å². The number of morpholine rings is 1. The smallest absolute Gasteiger partial charge is 0.255 e. The molecule has 9 heteroatoms. The number of halogens is 2. The first kappa shape index (κ1) is 19.3. The Morgan fingerprint density at radius 3 is 2.58 bits per heavy atom. The number of carbonyl (C=O) groups excluding carboxylic acids is 1. The van der Waals surface area contributed by atoms with Crippen LogP contribution in [0.5, 0.6) is 0 Å². The van der Waals surface area contributed by atoms with Crippen molar-refractivity contribution in [3.63, 3.8) is 0 Å². The molecule has 0 unspecified atom stereocenters. The van der Waals surface area contributed by atoms with E-state index in [2.05, 4.69) is 21.2 Å². The van der Waals surface area contributed by atoms with Crippen molar-refractivity contribution in [1.82, 2.24) is 4.31 Å². The number of ether oxygens (including phenoxy) is 1. The molecule has 1 amide bonds. The van der Waals surface area contributed by atoms with E-state index in [1.807, 2.05) is 0 Å². The van der Waals surface area contributed by atoms with Gasteiger partial charge in [0.15, 0.2) is 0 Å². The second-order valence-electron chi connectivity index (χ2n) is 5.62. The third-order valence-electron chi connectivity index (χ3n) is 3.88. The van der Waals surface area contributed by atoms with Crippen LogP contribution in [0.15, 0.2) is 51.8 Å². The van der Waals surface area contributed by atoms with E-state index in [-0.39, 0.29) is 10.5 Å². The Hall–Kier alpha value is -1.45. The summed E-state index contributed by atoms with van der Waals surface area (Å²) in [6.45, 7) is 1.32. The third-order valence-corrected chi connectivity index (χ3v) is 6.58. The Morgan fingerprint density at radius 2 is 1.88 bits per heavy atom. The highest BCUT2D eigenvalue weighted by Gasteiger charge is 2.26. The molecule has 6 nitrogen and oxygen atoms in total. The first-order valence-electron chi connectivity index (χ1n) is 7.82. The largest absolute Gasteiger partial charge is 0.379 e. The van der Waals surface area contributed by atoms with E-state index in [1.165, 1.54) is 16.4 Å². The molecule has 0 spiro atoms. The molecule has 138 valence electrons. The average molecular weight is 460 g/mol. The Morgan fingerprint density at radius 1 is 1.15 bits per heavy atom. The fraction of sp³-hybridized carbons (Fsp3) is 0.235. The molecule has 0 saturated carbocycles. The number of hydrogen-bond donors (Lipinski definition) is 1. The van der Waals surface area contributed by atoms with Crippen molar-refractivity contribution in [2.24, 2.45) is 0 Å². The average Bonchev–Trinajstić information content (AvgIpc) is 2.65. The number of amides is 1. The van der Waals surface area contributed by atoms with E-state index in [0.29, 0.717) is 37.0 Å². The molecule has 1 saturated heterocycles. The molecule has 3 rings (SSSR count). The second kappa shape index (κ2) is 8.06. The highest BCUT2D eigenvalue weighted by Crippen LogP contribution is 2.26. The number of hydrogen-bond acceptors (Lipinski definition) is 4. The lowest BCUT2D eigenvalue weighted by Crippen LogP contribution is -2.40. The van der Waals surface area contributed by atoms with E-state index in [9.17, 15) is 13.2 Å². The SMILES string of the molecule is O=C(Nc1ccc(Br)cc1Cl)c1cccc(S(=O)(=O)N2CCOCC2)c1. The van der Waals surface area contributed by atoms with Crippen LogP contribution in [0.3, 0.4) is 0 Å². The van der Waals surface area contributed by atoms with Crippen LogP contribution in [0.25, 0.3) is 0 Å². The van der Waals surface area contributed by atoms with Crippen molar-refractivity contribution in [2.75, 3.05) is 31.6 Å². The number of sulfonamides is 1. The lowest BCUT2D eigenvalue weighted by Gasteiger charge is -2.26. The Labute approximate surface area is 165 Å². The molecule has 0 aliphatic carbocycles. The minimum Gasteiger partial charge on any atom is -0.379 e. The van der Waals surface area contributed by atoms with Gasteiger partial charge in [0.1, 0.15) is 0 Å². The highest BCUT2D eigenvalue weighted by molar-refractivity contribution is 9.10. The first-order chi connectivity index (χ1) is 12.4. The molecular weight excluding hydrogens is 444 g/mol. The van der Waals surface area contributed by atoms with E-state index < -0.39 is 15.9 Å². The van der Waals surface area contributed by atoms with Gasteiger partial charge in [-0.3, -0.25) is 4.79 Å². The molecule has 1 N–H and O–H groups in total. The maximum absolute atomic E-state index is 12.7. The molecule has 0 atom stereocenters. The van der Waals surface area contributed by atoms with Gasteiger partial charge in [-0.05, 0) is 36.4 Å². The van der Waals surface area contributed by atoms with E-state index >= 15 is 0 Å². The summed E-state index contributed by atoms with van der Waals surface area (Å²) in [6.07, 6.45) is 0. The minimum atomic E-state index is -3.66. The van der Waals surface area contributed by atoms with E-state index in [1.54, 1.807) is 30.3 Å². The van der Waals surface area contributed by atoms with Crippen LogP contribution < -0.4 is 5.32 Å². The molecule has 1 aliphatic rings. The summed E-state index contributed by atoms with van der Waals surface area (Å²) in [5.74, 6) is -0.437. The summed E-state index contributed by atoms with van der Waals surface area (Å²) in [5, 5.41) is 3.07. The van der Waals surface area contributed by atoms with Crippen LogP contribution >= 0.6 is 27.5 Å². The highest BCUT2D eigenvalue weighted by atomic mass is 79.9. The lowest BCUT2D eigenvalue weighted by atomic mass is 10.2. The van der Waals surface area contributed by atoms with Crippen molar-refractivity contribution in [1.29, 1.82) is 0 Å². The van der Waals surface area contributed by atoms with Gasteiger partial charge in [0.2, 0.25) is 10.0 Å². The molecule has 0 bridgehead atoms. The van der Waals surface area contributed by atoms with Gasteiger partial charge in [-0.1, -0.05) is 33.6 Å². The van der Waals surface area contributed by atoms with Crippen molar-refractivity contribution in [3.05, 3.63) is 57.5 Å². The van der Waals surface area contributed by atoms with Gasteiger partial charge in [-0.25, -0.2) is 8.42 Å². The Balaban J connectivity index is 1.83. The molecule has 0 radical (unpaired) electrons. The van der Waals surface area contributed by atoms with Gasteiger partial charge in [0.05, 0.1) is 28.8 Å². The van der Waals surface area contributed by atoms with Crippen molar-refractivity contribution in [2.45, 2.75) is 4.90 Å². The summed E-state index contributed by atoms with van der Waals surface area (Å²) >= 11 is 9.41. The quantitative estimate of drug-likeness (QED) is 0.760. The molecule has 1 heterocycles. The molecular formula is C17H16BrClN2O4S. The van der Waals surface area contributed by atoms with Gasteiger partial charge in [-0.15, -0.1) is 0 Å². The zero-order valence-corrected chi connectivity index (χ0v) is 16.8. The molecule has 2 aromatic rings. The van der Waals surface area contributed by atoms with Gasteiger partial charge in [0.25, 0.3) is 5.91 Å². The maximum Gasteiger partial charge on any atom is 0.255 e. The molecule has 1 aliphatic heterocycles. The Bertz CT molecular complexity index is 930. The monoisotopic (exact) mass is 458 g/mol. The van der Waals surface area contributed by atoms with Crippen LogP contribution in [0.2, 0.25) is 5.02 Å². The minimum absolute atomic E-state index is 0.0777. The second-order valence-corrected chi connectivity index (χ2v) is 8.88. The van der Waals surface area contributed by atoms with Crippen molar-refractivity contribution < 1.29 is 17.9 Å². The lowest BCUT2D eigenvalue weighted by molar-refractivity contribution is 0.0730. The van der Waals surface area contributed by atoms with Crippen molar-refractivity contribution in [3.8, 4) is 0 Å². The number of nitrogens with zero attached hydrogens (tertiary/aromatic N) is 1. The van der Waals surface area contributed by atoms with E-state index in [4.69, 9.17) is 16.3 Å². The summed E-state index contributed by atoms with van der Waals surface area (Å²) in [4.78, 5) is 12.6. The first-order valence-corrected chi connectivity index (χ1v) is 10.4.